The van der Waals surface area contributed by atoms with Crippen molar-refractivity contribution < 1.29 is 14.0 Å². The van der Waals surface area contributed by atoms with Crippen molar-refractivity contribution in [2.45, 2.75) is 46.0 Å². The van der Waals surface area contributed by atoms with Crippen LogP contribution in [0.5, 0.6) is 0 Å². The fourth-order valence-corrected chi connectivity index (χ4v) is 2.27. The molecule has 0 radical (unpaired) electrons. The fraction of sp³-hybridized carbons (Fsp3) is 0.714. The van der Waals surface area contributed by atoms with E-state index in [1.807, 2.05) is 33.8 Å². The average Bonchev–Trinajstić information content (AvgIpc) is 2.33. The molecule has 3 nitrogen and oxygen atoms in total. The van der Waals surface area contributed by atoms with E-state index < -0.39 is 6.10 Å². The number of ether oxygens (including phenoxy) is 1. The van der Waals surface area contributed by atoms with Crippen molar-refractivity contribution >= 4 is 12.9 Å². The Labute approximate surface area is 116 Å². The van der Waals surface area contributed by atoms with E-state index in [-0.39, 0.29) is 24.0 Å². The van der Waals surface area contributed by atoms with E-state index in [9.17, 15) is 5.11 Å². The van der Waals surface area contributed by atoms with Crippen molar-refractivity contribution in [1.82, 2.24) is 0 Å². The molecule has 0 spiro atoms. The summed E-state index contributed by atoms with van der Waals surface area (Å²) in [6, 6.07) is 0. The first-order valence-electron chi connectivity index (χ1n) is 6.20. The summed E-state index contributed by atoms with van der Waals surface area (Å²) in [7, 11) is 1.61. The van der Waals surface area contributed by atoms with Crippen LogP contribution in [0.1, 0.15) is 27.7 Å². The van der Waals surface area contributed by atoms with Crippen LogP contribution in [0.3, 0.4) is 0 Å². The third-order valence-corrected chi connectivity index (χ3v) is 3.34. The molecule has 0 aliphatic carbocycles. The molecular weight excluding hydrogens is 248 g/mol. The number of hydrogen-bond donors (Lipinski definition) is 2. The van der Waals surface area contributed by atoms with E-state index in [1.54, 1.807) is 13.2 Å². The lowest BCUT2D eigenvalue weighted by Crippen LogP contribution is -2.32. The highest BCUT2D eigenvalue weighted by Gasteiger charge is 2.25. The molecule has 4 heteroatoms. The van der Waals surface area contributed by atoms with Gasteiger partial charge in [-0.1, -0.05) is 32.9 Å². The van der Waals surface area contributed by atoms with Gasteiger partial charge in [0.05, 0.1) is 6.10 Å². The number of thiol groups is 1. The summed E-state index contributed by atoms with van der Waals surface area (Å²) in [6.07, 6.45) is 2.81. The topological polar surface area (TPSA) is 38.7 Å². The van der Waals surface area contributed by atoms with Crippen molar-refractivity contribution in [2.75, 3.05) is 7.11 Å². The molecule has 0 heterocycles. The van der Waals surface area contributed by atoms with E-state index in [1.165, 1.54) is 0 Å². The first-order chi connectivity index (χ1) is 8.38. The SMILES string of the molecule is C=CC(OC)[C@@H](OS)[C@H](C)/C=C(/C)C(O)C(C)C. The van der Waals surface area contributed by atoms with Crippen LogP contribution in [0, 0.1) is 11.8 Å². The van der Waals surface area contributed by atoms with Gasteiger partial charge >= 0.3 is 0 Å². The predicted molar refractivity (Wildman–Crippen MR) is 78.6 cm³/mol. The molecule has 0 aromatic heterocycles. The van der Waals surface area contributed by atoms with Gasteiger partial charge in [-0.2, -0.15) is 0 Å². The molecular formula is C14H26O3S. The molecule has 4 atom stereocenters. The molecule has 1 N–H and O–H groups in total. The third kappa shape index (κ3) is 5.14. The molecule has 18 heavy (non-hydrogen) atoms. The van der Waals surface area contributed by atoms with Crippen molar-refractivity contribution in [2.24, 2.45) is 11.8 Å². The third-order valence-electron chi connectivity index (χ3n) is 3.09. The van der Waals surface area contributed by atoms with Crippen molar-refractivity contribution in [3.63, 3.8) is 0 Å². The largest absolute Gasteiger partial charge is 0.389 e. The average molecular weight is 274 g/mol. The normalized spacial score (nSPS) is 19.4. The molecule has 106 valence electrons. The fourth-order valence-electron chi connectivity index (χ4n) is 1.95. The number of rotatable bonds is 8. The maximum atomic E-state index is 9.97. The van der Waals surface area contributed by atoms with Crippen LogP contribution >= 0.6 is 12.9 Å². The van der Waals surface area contributed by atoms with Crippen LogP contribution in [-0.2, 0) is 8.92 Å². The summed E-state index contributed by atoms with van der Waals surface area (Å²) in [5.41, 5.74) is 0.937. The summed E-state index contributed by atoms with van der Waals surface area (Å²) >= 11 is 3.90. The van der Waals surface area contributed by atoms with E-state index >= 15 is 0 Å². The Hall–Kier alpha value is -0.290. The minimum absolute atomic E-state index is 0.0684. The van der Waals surface area contributed by atoms with E-state index in [4.69, 9.17) is 8.92 Å². The van der Waals surface area contributed by atoms with Gasteiger partial charge in [0.2, 0.25) is 0 Å². The van der Waals surface area contributed by atoms with Gasteiger partial charge < -0.3 is 14.0 Å². The lowest BCUT2D eigenvalue weighted by atomic mass is 9.93. The molecule has 0 saturated heterocycles. The van der Waals surface area contributed by atoms with Crippen LogP contribution in [0.2, 0.25) is 0 Å². The van der Waals surface area contributed by atoms with Gasteiger partial charge in [0, 0.05) is 13.0 Å². The summed E-state index contributed by atoms with van der Waals surface area (Å²) in [4.78, 5) is 0. The first kappa shape index (κ1) is 17.7. The number of aliphatic hydroxyl groups excluding tert-OH is 1. The molecule has 0 aliphatic heterocycles. The van der Waals surface area contributed by atoms with E-state index in [2.05, 4.69) is 19.5 Å². The maximum absolute atomic E-state index is 9.97. The Kier molecular flexibility index (Phi) is 8.61. The van der Waals surface area contributed by atoms with E-state index in [0.29, 0.717) is 0 Å². The highest BCUT2D eigenvalue weighted by molar-refractivity contribution is 7.75. The van der Waals surface area contributed by atoms with Gasteiger partial charge in [-0.3, -0.25) is 0 Å². The molecule has 0 fully saturated rings. The lowest BCUT2D eigenvalue weighted by Gasteiger charge is -2.26. The molecule has 0 aromatic rings. The van der Waals surface area contributed by atoms with Gasteiger partial charge in [0.15, 0.2) is 0 Å². The quantitative estimate of drug-likeness (QED) is 0.406. The minimum atomic E-state index is -0.433. The second-order valence-electron chi connectivity index (χ2n) is 4.96. The summed E-state index contributed by atoms with van der Waals surface area (Å²) < 4.78 is 10.4. The summed E-state index contributed by atoms with van der Waals surface area (Å²) in [5.74, 6) is 0.264. The Bertz CT molecular complexity index is 276. The first-order valence-corrected chi connectivity index (χ1v) is 6.57. The van der Waals surface area contributed by atoms with Crippen LogP contribution in [0.15, 0.2) is 24.3 Å². The van der Waals surface area contributed by atoms with Gasteiger partial charge in [0.1, 0.15) is 12.2 Å². The molecule has 0 aromatic carbocycles. The molecule has 0 amide bonds. The van der Waals surface area contributed by atoms with Gasteiger partial charge in [-0.15, -0.1) is 6.58 Å². The monoisotopic (exact) mass is 274 g/mol. The molecule has 0 bridgehead atoms. The van der Waals surface area contributed by atoms with Crippen LogP contribution in [0.25, 0.3) is 0 Å². The van der Waals surface area contributed by atoms with Crippen LogP contribution < -0.4 is 0 Å². The Balaban J connectivity index is 4.84. The second-order valence-corrected chi connectivity index (χ2v) is 5.18. The van der Waals surface area contributed by atoms with Gasteiger partial charge in [-0.05, 0) is 31.3 Å². The molecule has 2 unspecified atom stereocenters. The zero-order valence-electron chi connectivity index (χ0n) is 12.0. The Morgan fingerprint density at radius 3 is 2.22 bits per heavy atom. The van der Waals surface area contributed by atoms with Crippen LogP contribution in [0.4, 0.5) is 0 Å². The molecule has 0 aliphatic rings. The van der Waals surface area contributed by atoms with Crippen molar-refractivity contribution in [3.05, 3.63) is 24.3 Å². The van der Waals surface area contributed by atoms with Crippen molar-refractivity contribution in [3.8, 4) is 0 Å². The molecule has 0 saturated carbocycles. The van der Waals surface area contributed by atoms with Gasteiger partial charge in [-0.25, -0.2) is 0 Å². The summed E-state index contributed by atoms with van der Waals surface area (Å²) in [6.45, 7) is 11.6. The highest BCUT2D eigenvalue weighted by atomic mass is 32.1. The predicted octanol–water partition coefficient (Wildman–Crippen LogP) is 3.02. The summed E-state index contributed by atoms with van der Waals surface area (Å²) in [5, 5.41) is 9.97. The van der Waals surface area contributed by atoms with Gasteiger partial charge in [0.25, 0.3) is 0 Å². The lowest BCUT2D eigenvalue weighted by molar-refractivity contribution is 0.0261. The zero-order valence-corrected chi connectivity index (χ0v) is 12.9. The standard InChI is InChI=1S/C14H26O3S/c1-7-12(16-6)14(17-18)11(5)8-10(4)13(15)9(2)3/h7-9,11-15,18H,1H2,2-6H3/b10-8-/t11-,12?,13?,14+/m1/s1. The number of hydrogen-bond acceptors (Lipinski definition) is 4. The smallest absolute Gasteiger partial charge is 0.108 e. The second kappa shape index (κ2) is 8.75. The number of methoxy groups -OCH3 is 1. The Morgan fingerprint density at radius 1 is 1.33 bits per heavy atom. The van der Waals surface area contributed by atoms with Crippen LogP contribution in [-0.4, -0.2) is 30.5 Å². The maximum Gasteiger partial charge on any atom is 0.108 e. The molecule has 0 rings (SSSR count). The highest BCUT2D eigenvalue weighted by Crippen LogP contribution is 2.21. The van der Waals surface area contributed by atoms with E-state index in [0.717, 1.165) is 5.57 Å². The van der Waals surface area contributed by atoms with Crippen molar-refractivity contribution in [1.29, 1.82) is 0 Å². The zero-order chi connectivity index (χ0) is 14.3. The number of aliphatic hydroxyl groups is 1. The Morgan fingerprint density at radius 2 is 1.89 bits per heavy atom. The minimum Gasteiger partial charge on any atom is -0.389 e.